The normalized spacial score (nSPS) is 23.3. The molecule has 1 aliphatic rings. The molecule has 0 heterocycles. The smallest absolute Gasteiger partial charge is 0.170 e. The minimum Gasteiger partial charge on any atom is -0.308 e. The average molecular weight is 245 g/mol. The molecule has 18 heavy (non-hydrogen) atoms. The Morgan fingerprint density at radius 3 is 2.44 bits per heavy atom. The Hall–Kier alpha value is -1.15. The summed E-state index contributed by atoms with van der Waals surface area (Å²) in [6.45, 7) is 7.14. The zero-order valence-corrected chi connectivity index (χ0v) is 12.1. The van der Waals surface area contributed by atoms with Gasteiger partial charge in [-0.3, -0.25) is 4.79 Å². The van der Waals surface area contributed by atoms with Gasteiger partial charge in [-0.15, -0.1) is 0 Å². The molecular weight excluding hydrogens is 222 g/mol. The number of hydrogen-bond acceptors (Lipinski definition) is 2. The molecule has 0 saturated heterocycles. The highest BCUT2D eigenvalue weighted by atomic mass is 16.1. The number of benzene rings is 1. The van der Waals surface area contributed by atoms with Gasteiger partial charge in [-0.2, -0.15) is 0 Å². The van der Waals surface area contributed by atoms with Crippen LogP contribution in [0.4, 0.5) is 0 Å². The summed E-state index contributed by atoms with van der Waals surface area (Å²) in [5, 5.41) is 0. The number of ketones is 1. The predicted octanol–water partition coefficient (Wildman–Crippen LogP) is 3.00. The number of Topliss-reactive ketones (excluding diaryl/α,β-unsaturated/α-hetero) is 1. The van der Waals surface area contributed by atoms with Gasteiger partial charge in [0.2, 0.25) is 0 Å². The lowest BCUT2D eigenvalue weighted by molar-refractivity contribution is 0.0732. The van der Waals surface area contributed by atoms with Crippen molar-refractivity contribution in [1.82, 2.24) is 4.90 Å². The summed E-state index contributed by atoms with van der Waals surface area (Å²) in [7, 11) is 4.07. The molecule has 0 bridgehead atoms. The Kier molecular flexibility index (Phi) is 3.33. The average Bonchev–Trinajstić information content (AvgIpc) is 2.26. The molecular formula is C16H23NO. The SMILES string of the molecule is Cc1cc2c(cc1C)C(=O)C(C)(CN(C)C)CC2. The number of nitrogens with zero attached hydrogens (tertiary/aromatic N) is 1. The molecule has 2 rings (SSSR count). The van der Waals surface area contributed by atoms with E-state index < -0.39 is 0 Å². The second kappa shape index (κ2) is 4.51. The van der Waals surface area contributed by atoms with Crippen LogP contribution < -0.4 is 0 Å². The van der Waals surface area contributed by atoms with Gasteiger partial charge in [0.25, 0.3) is 0 Å². The van der Waals surface area contributed by atoms with E-state index in [0.29, 0.717) is 5.78 Å². The van der Waals surface area contributed by atoms with Gasteiger partial charge < -0.3 is 4.90 Å². The van der Waals surface area contributed by atoms with Crippen LogP contribution in [0.3, 0.4) is 0 Å². The van der Waals surface area contributed by atoms with Crippen molar-refractivity contribution in [2.24, 2.45) is 5.41 Å². The summed E-state index contributed by atoms with van der Waals surface area (Å²) in [6.07, 6.45) is 1.98. The van der Waals surface area contributed by atoms with Crippen molar-refractivity contribution < 1.29 is 4.79 Å². The largest absolute Gasteiger partial charge is 0.308 e. The van der Waals surface area contributed by atoms with E-state index in [0.717, 1.165) is 24.9 Å². The predicted molar refractivity (Wildman–Crippen MR) is 75.2 cm³/mol. The molecule has 0 spiro atoms. The minimum absolute atomic E-state index is 0.224. The highest BCUT2D eigenvalue weighted by Crippen LogP contribution is 2.36. The number of rotatable bonds is 2. The van der Waals surface area contributed by atoms with Crippen LogP contribution in [-0.2, 0) is 6.42 Å². The number of carbonyl (C=O) groups excluding carboxylic acids is 1. The first-order valence-electron chi connectivity index (χ1n) is 6.63. The number of aryl methyl sites for hydroxylation is 3. The fraction of sp³-hybridized carbons (Fsp3) is 0.562. The van der Waals surface area contributed by atoms with Crippen molar-refractivity contribution in [2.75, 3.05) is 20.6 Å². The Labute approximate surface area is 110 Å². The molecule has 0 saturated carbocycles. The maximum absolute atomic E-state index is 12.7. The molecule has 0 N–H and O–H groups in total. The molecule has 0 radical (unpaired) electrons. The van der Waals surface area contributed by atoms with Crippen LogP contribution in [0.25, 0.3) is 0 Å². The van der Waals surface area contributed by atoms with Crippen molar-refractivity contribution >= 4 is 5.78 Å². The van der Waals surface area contributed by atoms with Gasteiger partial charge in [-0.25, -0.2) is 0 Å². The Bertz CT molecular complexity index is 490. The summed E-state index contributed by atoms with van der Waals surface area (Å²) in [6, 6.07) is 4.28. The standard InChI is InChI=1S/C16H23NO/c1-11-8-13-6-7-16(3,10-17(4)5)15(18)14(13)9-12(11)2/h8-9H,6-7,10H2,1-5H3. The lowest BCUT2D eigenvalue weighted by atomic mass is 9.71. The second-order valence-electron chi connectivity index (χ2n) is 6.22. The van der Waals surface area contributed by atoms with Crippen molar-refractivity contribution in [2.45, 2.75) is 33.6 Å². The van der Waals surface area contributed by atoms with Gasteiger partial charge in [0.15, 0.2) is 5.78 Å². The number of carbonyl (C=O) groups is 1. The van der Waals surface area contributed by atoms with E-state index in [4.69, 9.17) is 0 Å². The van der Waals surface area contributed by atoms with E-state index in [9.17, 15) is 4.79 Å². The van der Waals surface area contributed by atoms with Crippen LogP contribution in [0, 0.1) is 19.3 Å². The highest BCUT2D eigenvalue weighted by Gasteiger charge is 2.38. The Morgan fingerprint density at radius 2 is 1.83 bits per heavy atom. The Morgan fingerprint density at radius 1 is 1.22 bits per heavy atom. The summed E-state index contributed by atoms with van der Waals surface area (Å²) in [5.41, 5.74) is 4.47. The molecule has 0 amide bonds. The van der Waals surface area contributed by atoms with Gasteiger partial charge in [0.1, 0.15) is 0 Å². The van der Waals surface area contributed by atoms with Crippen LogP contribution in [0.2, 0.25) is 0 Å². The van der Waals surface area contributed by atoms with Crippen molar-refractivity contribution in [3.8, 4) is 0 Å². The van der Waals surface area contributed by atoms with E-state index >= 15 is 0 Å². The molecule has 0 aliphatic heterocycles. The lowest BCUT2D eigenvalue weighted by Gasteiger charge is -2.35. The van der Waals surface area contributed by atoms with Gasteiger partial charge in [0.05, 0.1) is 0 Å². The van der Waals surface area contributed by atoms with E-state index in [1.165, 1.54) is 16.7 Å². The molecule has 2 nitrogen and oxygen atoms in total. The van der Waals surface area contributed by atoms with Crippen molar-refractivity contribution in [3.63, 3.8) is 0 Å². The summed E-state index contributed by atoms with van der Waals surface area (Å²) >= 11 is 0. The monoisotopic (exact) mass is 245 g/mol. The molecule has 1 aliphatic carbocycles. The molecule has 0 aromatic heterocycles. The van der Waals surface area contributed by atoms with Crippen LogP contribution >= 0.6 is 0 Å². The van der Waals surface area contributed by atoms with E-state index in [2.05, 4.69) is 37.8 Å². The maximum Gasteiger partial charge on any atom is 0.170 e. The minimum atomic E-state index is -0.224. The van der Waals surface area contributed by atoms with Gasteiger partial charge in [-0.1, -0.05) is 13.0 Å². The maximum atomic E-state index is 12.7. The zero-order valence-electron chi connectivity index (χ0n) is 12.1. The number of hydrogen-bond donors (Lipinski definition) is 0. The highest BCUT2D eigenvalue weighted by molar-refractivity contribution is 6.03. The second-order valence-corrected chi connectivity index (χ2v) is 6.22. The van der Waals surface area contributed by atoms with Gasteiger partial charge in [0, 0.05) is 17.5 Å². The van der Waals surface area contributed by atoms with Crippen LogP contribution in [-0.4, -0.2) is 31.3 Å². The zero-order chi connectivity index (χ0) is 13.5. The van der Waals surface area contributed by atoms with Crippen molar-refractivity contribution in [3.05, 3.63) is 34.4 Å². The molecule has 1 unspecified atom stereocenters. The molecule has 1 aromatic rings. The lowest BCUT2D eigenvalue weighted by Crippen LogP contribution is -2.41. The van der Waals surface area contributed by atoms with Crippen molar-refractivity contribution in [1.29, 1.82) is 0 Å². The Balaban J connectivity index is 2.42. The third-order valence-corrected chi connectivity index (χ3v) is 4.12. The summed E-state index contributed by atoms with van der Waals surface area (Å²) in [5.74, 6) is 0.320. The van der Waals surface area contributed by atoms with Crippen LogP contribution in [0.15, 0.2) is 12.1 Å². The molecule has 1 aromatic carbocycles. The fourth-order valence-corrected chi connectivity index (χ4v) is 2.99. The van der Waals surface area contributed by atoms with E-state index in [1.807, 2.05) is 14.1 Å². The van der Waals surface area contributed by atoms with E-state index in [-0.39, 0.29) is 5.41 Å². The molecule has 98 valence electrons. The first-order chi connectivity index (χ1) is 8.33. The van der Waals surface area contributed by atoms with Crippen LogP contribution in [0.5, 0.6) is 0 Å². The first kappa shape index (κ1) is 13.3. The van der Waals surface area contributed by atoms with Gasteiger partial charge >= 0.3 is 0 Å². The fourth-order valence-electron chi connectivity index (χ4n) is 2.99. The third-order valence-electron chi connectivity index (χ3n) is 4.12. The van der Waals surface area contributed by atoms with E-state index in [1.54, 1.807) is 0 Å². The molecule has 1 atom stereocenters. The first-order valence-corrected chi connectivity index (χ1v) is 6.63. The van der Waals surface area contributed by atoms with Crippen LogP contribution in [0.1, 0.15) is 40.4 Å². The van der Waals surface area contributed by atoms with Gasteiger partial charge in [-0.05, 0) is 63.5 Å². The quantitative estimate of drug-likeness (QED) is 0.798. The number of fused-ring (bicyclic) bond motifs is 1. The summed E-state index contributed by atoms with van der Waals surface area (Å²) < 4.78 is 0. The third kappa shape index (κ3) is 2.22. The topological polar surface area (TPSA) is 20.3 Å². The summed E-state index contributed by atoms with van der Waals surface area (Å²) in [4.78, 5) is 14.8. The molecule has 2 heteroatoms. The molecule has 0 fully saturated rings.